The number of halogens is 7. The van der Waals surface area contributed by atoms with Crippen LogP contribution in [-0.4, -0.2) is 106 Å². The molecule has 0 radical (unpaired) electrons. The summed E-state index contributed by atoms with van der Waals surface area (Å²) in [6.45, 7) is 22.4. The van der Waals surface area contributed by atoms with Gasteiger partial charge in [0.05, 0.1) is 43.1 Å². The van der Waals surface area contributed by atoms with Crippen LogP contribution in [0.4, 0.5) is 49.6 Å². The Hall–Kier alpha value is -8.90. The molecule has 1 fully saturated rings. The molecule has 2 N–H and O–H groups in total. The third-order valence-electron chi connectivity index (χ3n) is 14.0. The van der Waals surface area contributed by atoms with Gasteiger partial charge in [-0.05, 0) is 164 Å². The molecule has 0 saturated carbocycles. The number of hydrogen-bond donors (Lipinski definition) is 2. The van der Waals surface area contributed by atoms with E-state index in [-0.39, 0.29) is 71.2 Å². The van der Waals surface area contributed by atoms with E-state index >= 15 is 0 Å². The minimum absolute atomic E-state index is 0.000845. The van der Waals surface area contributed by atoms with Gasteiger partial charge in [0.2, 0.25) is 11.9 Å². The lowest BCUT2D eigenvalue weighted by atomic mass is 9.79. The number of alkyl halides is 6. The van der Waals surface area contributed by atoms with E-state index in [1.54, 1.807) is 46.2 Å². The van der Waals surface area contributed by atoms with Crippen LogP contribution in [0.5, 0.6) is 11.5 Å². The Bertz CT molecular complexity index is 4060. The number of pyridine rings is 2. The van der Waals surface area contributed by atoms with Gasteiger partial charge < -0.3 is 48.0 Å². The number of hydrogen-bond acceptors (Lipinski definition) is 18. The van der Waals surface area contributed by atoms with Crippen molar-refractivity contribution in [3.8, 4) is 34.3 Å². The normalized spacial score (nSPS) is 13.4. The Balaban J connectivity index is 0.000000201. The predicted molar refractivity (Wildman–Crippen MR) is 327 cm³/mol. The first-order valence-electron chi connectivity index (χ1n) is 28.0. The van der Waals surface area contributed by atoms with Crippen molar-refractivity contribution in [3.63, 3.8) is 0 Å². The second-order valence-electron chi connectivity index (χ2n) is 21.2. The minimum atomic E-state index is -4.69. The monoisotopic (exact) mass is 1320 g/mol. The van der Waals surface area contributed by atoms with E-state index in [1.807, 2.05) is 72.7 Å². The summed E-state index contributed by atoms with van der Waals surface area (Å²) in [5.41, 5.74) is 0.549. The second-order valence-corrected chi connectivity index (χ2v) is 22.1. The molecule has 7 heterocycles. The summed E-state index contributed by atoms with van der Waals surface area (Å²) in [4.78, 5) is 67.1. The molecule has 0 atom stereocenters. The molecule has 0 amide bonds. The predicted octanol–water partition coefficient (Wildman–Crippen LogP) is 11.2. The first kappa shape index (κ1) is 68.6. The zero-order chi connectivity index (χ0) is 66.4. The lowest BCUT2D eigenvalue weighted by Crippen LogP contribution is -2.41. The number of aromatic nitrogens is 10. The van der Waals surface area contributed by atoms with Gasteiger partial charge in [0, 0.05) is 83.9 Å². The van der Waals surface area contributed by atoms with Crippen LogP contribution >= 0.6 is 15.9 Å². The number of nitrogens with zero attached hydrogens (tertiary/aromatic N) is 10. The first-order chi connectivity index (χ1) is 42.2. The third kappa shape index (κ3) is 15.9. The third-order valence-corrected chi connectivity index (χ3v) is 14.6. The van der Waals surface area contributed by atoms with Crippen molar-refractivity contribution < 1.29 is 64.2 Å². The quantitative estimate of drug-likeness (QED) is 0.0519. The molecule has 2 aromatic carbocycles. The highest BCUT2D eigenvalue weighted by Crippen LogP contribution is 2.37. The molecule has 6 aromatic heterocycles. The Kier molecular flexibility index (Phi) is 21.2. The van der Waals surface area contributed by atoms with Crippen molar-refractivity contribution in [2.75, 3.05) is 38.1 Å². The standard InChI is InChI=1S/C27H27F3N6O4.C17H15BrF3N5O.C16H24BNO5/c1-6-35-14-17(11-20(24(35)37)25(38)40-7-2)21-13-31-26(32-18-8-15(3)9-19(12-18)39-5)33-23(21)36-16(4)10-22(34-36)27(28,29)30;1-9-4-11(7-12(5-9)27-3)23-16-22-8-13(18)15(24-16)26-10(2)6-14(25-26)17(19,20)21;1-7-18-10-11(9-12(13(18)19)14(20)21-8-2)17-22-15(3,4)16(5,6)23-17/h8-14H,6-7H2,1-5H3,(H,31,32,33);4-8H,1-3H3,(H,22,23,24);9-10H,7-8H2,1-6H3. The highest BCUT2D eigenvalue weighted by molar-refractivity contribution is 9.10. The lowest BCUT2D eigenvalue weighted by Gasteiger charge is -2.32. The van der Waals surface area contributed by atoms with Crippen LogP contribution < -0.4 is 36.7 Å². The van der Waals surface area contributed by atoms with E-state index in [9.17, 15) is 45.5 Å². The molecule has 22 nitrogen and oxygen atoms in total. The van der Waals surface area contributed by atoms with Crippen molar-refractivity contribution in [2.45, 2.75) is 120 Å². The fourth-order valence-corrected chi connectivity index (χ4v) is 9.24. The maximum absolute atomic E-state index is 13.5. The Labute approximate surface area is 522 Å². The molecule has 1 aliphatic heterocycles. The Morgan fingerprint density at radius 3 is 1.48 bits per heavy atom. The molecular formula is C60H66BBrF6N12O10. The van der Waals surface area contributed by atoms with Crippen molar-refractivity contribution in [1.82, 2.24) is 48.6 Å². The van der Waals surface area contributed by atoms with Gasteiger partial charge in [0.1, 0.15) is 22.6 Å². The molecule has 90 heavy (non-hydrogen) atoms. The zero-order valence-corrected chi connectivity index (χ0v) is 53.3. The minimum Gasteiger partial charge on any atom is -0.497 e. The first-order valence-corrected chi connectivity index (χ1v) is 28.8. The highest BCUT2D eigenvalue weighted by atomic mass is 79.9. The van der Waals surface area contributed by atoms with Gasteiger partial charge in [-0.15, -0.1) is 0 Å². The number of nitrogens with one attached hydrogen (secondary N) is 2. The summed E-state index contributed by atoms with van der Waals surface area (Å²) >= 11 is 3.27. The Morgan fingerprint density at radius 1 is 0.611 bits per heavy atom. The smallest absolute Gasteiger partial charge is 0.496 e. The molecule has 0 unspecified atom stereocenters. The zero-order valence-electron chi connectivity index (χ0n) is 51.7. The van der Waals surface area contributed by atoms with Gasteiger partial charge in [-0.2, -0.15) is 46.5 Å². The second kappa shape index (κ2) is 27.9. The SMILES string of the molecule is CCOC(=O)c1cc(-c2cnc(Nc3cc(C)cc(OC)c3)nc2-n2nc(C(F)(F)F)cc2C)cn(CC)c1=O.CCOC(=O)c1cc(B2OC(C)(C)C(C)(C)O2)cn(CC)c1=O.COc1cc(C)cc(Nc2ncc(Br)c(-n3nc(C(F)(F)F)cc3C)n2)c1. The molecule has 30 heteroatoms. The number of ether oxygens (including phenoxy) is 4. The molecule has 9 rings (SSSR count). The fourth-order valence-electron chi connectivity index (χ4n) is 8.88. The summed E-state index contributed by atoms with van der Waals surface area (Å²) in [7, 11) is 2.46. The number of carbonyl (C=O) groups excluding carboxylic acids is 2. The van der Waals surface area contributed by atoms with Crippen molar-refractivity contribution in [3.05, 3.63) is 156 Å². The largest absolute Gasteiger partial charge is 0.497 e. The summed E-state index contributed by atoms with van der Waals surface area (Å²) in [6, 6.07) is 15.6. The Morgan fingerprint density at radius 2 is 1.04 bits per heavy atom. The van der Waals surface area contributed by atoms with Gasteiger partial charge in [-0.25, -0.2) is 28.9 Å². The van der Waals surface area contributed by atoms with E-state index in [0.717, 1.165) is 32.6 Å². The molecule has 478 valence electrons. The number of rotatable bonds is 16. The summed E-state index contributed by atoms with van der Waals surface area (Å²) < 4.78 is 117. The summed E-state index contributed by atoms with van der Waals surface area (Å²) in [5, 5.41) is 13.5. The highest BCUT2D eigenvalue weighted by Gasteiger charge is 2.52. The van der Waals surface area contributed by atoms with Crippen LogP contribution in [0.3, 0.4) is 0 Å². The summed E-state index contributed by atoms with van der Waals surface area (Å²) in [6.07, 6.45) is -3.22. The van der Waals surface area contributed by atoms with E-state index in [0.29, 0.717) is 50.6 Å². The maximum atomic E-state index is 13.5. The van der Waals surface area contributed by atoms with E-state index in [1.165, 1.54) is 60.8 Å². The van der Waals surface area contributed by atoms with E-state index < -0.39 is 59.6 Å². The van der Waals surface area contributed by atoms with Gasteiger partial charge in [-0.3, -0.25) is 9.59 Å². The molecule has 0 aliphatic carbocycles. The number of methoxy groups -OCH3 is 2. The van der Waals surface area contributed by atoms with Gasteiger partial charge in [0.25, 0.3) is 11.1 Å². The van der Waals surface area contributed by atoms with Gasteiger partial charge >= 0.3 is 31.4 Å². The average Bonchev–Trinajstić information content (AvgIpc) is 1.54. The molecule has 1 aliphatic rings. The van der Waals surface area contributed by atoms with Crippen molar-refractivity contribution in [2.24, 2.45) is 0 Å². The van der Waals surface area contributed by atoms with Gasteiger partial charge in [-0.1, -0.05) is 0 Å². The van der Waals surface area contributed by atoms with Crippen molar-refractivity contribution in [1.29, 1.82) is 0 Å². The van der Waals surface area contributed by atoms with Crippen LogP contribution in [0, 0.1) is 27.7 Å². The lowest BCUT2D eigenvalue weighted by molar-refractivity contribution is -0.142. The molecule has 8 aromatic rings. The molecule has 1 saturated heterocycles. The molecular weight excluding hydrogens is 1250 g/mol. The van der Waals surface area contributed by atoms with Crippen LogP contribution in [0.25, 0.3) is 22.8 Å². The van der Waals surface area contributed by atoms with E-state index in [2.05, 4.69) is 56.7 Å². The maximum Gasteiger partial charge on any atom is 0.496 e. The molecule has 0 spiro atoms. The number of anilines is 4. The van der Waals surface area contributed by atoms with E-state index in [4.69, 9.17) is 28.3 Å². The van der Waals surface area contributed by atoms with Crippen molar-refractivity contribution >= 4 is 63.7 Å². The van der Waals surface area contributed by atoms with Crippen LogP contribution in [0.2, 0.25) is 0 Å². The fraction of sp³-hybridized carbons (Fsp3) is 0.367. The van der Waals surface area contributed by atoms with Gasteiger partial charge in [0.15, 0.2) is 23.0 Å². The number of benzene rings is 2. The number of esters is 2. The summed E-state index contributed by atoms with van der Waals surface area (Å²) in [5.74, 6) is 0.284. The number of carbonyl (C=O) groups is 2. The van der Waals surface area contributed by atoms with Crippen LogP contribution in [0.15, 0.2) is 99.5 Å². The average molecular weight is 1320 g/mol. The van der Waals surface area contributed by atoms with Crippen LogP contribution in [-0.2, 0) is 44.2 Å². The van der Waals surface area contributed by atoms with Crippen LogP contribution in [0.1, 0.15) is 110 Å². The molecule has 0 bridgehead atoms. The number of aryl methyl sites for hydroxylation is 6. The topological polar surface area (TPSA) is 245 Å².